The molecule has 1 saturated heterocycles. The molecule has 0 aromatic heterocycles. The largest absolute Gasteiger partial charge is 0.480 e. The van der Waals surface area contributed by atoms with Crippen molar-refractivity contribution < 1.29 is 19.4 Å². The maximum atomic E-state index is 10.6. The van der Waals surface area contributed by atoms with E-state index in [4.69, 9.17) is 14.6 Å². The number of aliphatic carboxylic acids is 1. The van der Waals surface area contributed by atoms with Crippen molar-refractivity contribution in [1.29, 1.82) is 0 Å². The summed E-state index contributed by atoms with van der Waals surface area (Å²) in [7, 11) is 0. The molecule has 3 rings (SSSR count). The molecule has 0 amide bonds. The van der Waals surface area contributed by atoms with Gasteiger partial charge in [0.1, 0.15) is 6.61 Å². The molecule has 0 spiro atoms. The van der Waals surface area contributed by atoms with Crippen LogP contribution < -0.4 is 0 Å². The molecule has 2 aliphatic rings. The molecule has 5 heteroatoms. The van der Waals surface area contributed by atoms with Crippen LogP contribution in [0.3, 0.4) is 0 Å². The highest BCUT2D eigenvalue weighted by molar-refractivity contribution is 5.68. The van der Waals surface area contributed by atoms with Gasteiger partial charge in [0, 0.05) is 19.6 Å². The normalized spacial score (nSPS) is 24.1. The Hall–Kier alpha value is -1.43. The van der Waals surface area contributed by atoms with E-state index < -0.39 is 5.97 Å². The molecule has 1 atom stereocenters. The smallest absolute Gasteiger partial charge is 0.329 e. The zero-order valence-electron chi connectivity index (χ0n) is 12.2. The van der Waals surface area contributed by atoms with Crippen molar-refractivity contribution in [1.82, 2.24) is 4.90 Å². The fourth-order valence-electron chi connectivity index (χ4n) is 3.22. The van der Waals surface area contributed by atoms with Gasteiger partial charge in [-0.25, -0.2) is 4.79 Å². The van der Waals surface area contributed by atoms with Crippen LogP contribution in [0.4, 0.5) is 0 Å². The van der Waals surface area contributed by atoms with E-state index in [0.29, 0.717) is 0 Å². The predicted octanol–water partition coefficient (Wildman–Crippen LogP) is 1.48. The van der Waals surface area contributed by atoms with E-state index in [0.717, 1.165) is 32.7 Å². The van der Waals surface area contributed by atoms with E-state index >= 15 is 0 Å². The van der Waals surface area contributed by atoms with Crippen molar-refractivity contribution in [3.8, 4) is 0 Å². The van der Waals surface area contributed by atoms with Gasteiger partial charge in [0.2, 0.25) is 0 Å². The van der Waals surface area contributed by atoms with Crippen LogP contribution in [0.5, 0.6) is 0 Å². The van der Waals surface area contributed by atoms with Crippen LogP contribution in [-0.2, 0) is 20.7 Å². The summed E-state index contributed by atoms with van der Waals surface area (Å²) in [4.78, 5) is 12.8. The Morgan fingerprint density at radius 2 is 2.24 bits per heavy atom. The molecular formula is C16H21NO4. The summed E-state index contributed by atoms with van der Waals surface area (Å²) in [5, 5.41) is 8.67. The Kier molecular flexibility index (Phi) is 3.97. The molecular weight excluding hydrogens is 270 g/mol. The molecule has 114 valence electrons. The van der Waals surface area contributed by atoms with Crippen molar-refractivity contribution in [2.75, 3.05) is 32.8 Å². The van der Waals surface area contributed by atoms with Gasteiger partial charge in [0.25, 0.3) is 0 Å². The fourth-order valence-corrected chi connectivity index (χ4v) is 3.22. The molecule has 0 radical (unpaired) electrons. The number of nitrogens with zero attached hydrogens (tertiary/aromatic N) is 1. The van der Waals surface area contributed by atoms with Crippen molar-refractivity contribution >= 4 is 5.97 Å². The highest BCUT2D eigenvalue weighted by Crippen LogP contribution is 2.31. The molecule has 2 heterocycles. The lowest BCUT2D eigenvalue weighted by atomic mass is 9.93. The van der Waals surface area contributed by atoms with E-state index in [-0.39, 0.29) is 18.3 Å². The summed E-state index contributed by atoms with van der Waals surface area (Å²) >= 11 is 0. The monoisotopic (exact) mass is 291 g/mol. The van der Waals surface area contributed by atoms with Gasteiger partial charge in [-0.3, -0.25) is 4.90 Å². The van der Waals surface area contributed by atoms with Gasteiger partial charge in [0.15, 0.2) is 0 Å². The number of carbonyl (C=O) groups is 1. The lowest BCUT2D eigenvalue weighted by Crippen LogP contribution is -2.62. The maximum Gasteiger partial charge on any atom is 0.329 e. The zero-order chi connectivity index (χ0) is 14.9. The molecule has 0 saturated carbocycles. The molecule has 1 unspecified atom stereocenters. The zero-order valence-corrected chi connectivity index (χ0v) is 12.2. The summed E-state index contributed by atoms with van der Waals surface area (Å²) in [5.74, 6) is -0.917. The Morgan fingerprint density at radius 3 is 3.00 bits per heavy atom. The summed E-state index contributed by atoms with van der Waals surface area (Å²) in [6.07, 6.45) is 1.09. The number of hydrogen-bond donors (Lipinski definition) is 1. The third kappa shape index (κ3) is 3.26. The van der Waals surface area contributed by atoms with Crippen LogP contribution in [-0.4, -0.2) is 54.4 Å². The minimum Gasteiger partial charge on any atom is -0.480 e. The highest BCUT2D eigenvalue weighted by Gasteiger charge is 2.41. The number of hydrogen-bond acceptors (Lipinski definition) is 4. The molecule has 5 nitrogen and oxygen atoms in total. The predicted molar refractivity (Wildman–Crippen MR) is 77.3 cm³/mol. The maximum absolute atomic E-state index is 10.6. The van der Waals surface area contributed by atoms with Crippen molar-refractivity contribution in [3.05, 3.63) is 35.4 Å². The van der Waals surface area contributed by atoms with E-state index in [2.05, 4.69) is 29.2 Å². The van der Waals surface area contributed by atoms with Crippen molar-refractivity contribution in [3.63, 3.8) is 0 Å². The van der Waals surface area contributed by atoms with Crippen LogP contribution in [0.15, 0.2) is 24.3 Å². The third-order valence-corrected chi connectivity index (χ3v) is 4.18. The van der Waals surface area contributed by atoms with Gasteiger partial charge in [-0.1, -0.05) is 24.3 Å². The van der Waals surface area contributed by atoms with E-state index in [1.165, 1.54) is 11.1 Å². The summed E-state index contributed by atoms with van der Waals surface area (Å²) in [5.41, 5.74) is 2.31. The number of fused-ring (bicyclic) bond motifs is 1. The third-order valence-electron chi connectivity index (χ3n) is 4.18. The number of carboxylic acid groups (broad SMARTS) is 1. The van der Waals surface area contributed by atoms with Crippen LogP contribution in [0, 0.1) is 0 Å². The minimum absolute atomic E-state index is 0.110. The van der Waals surface area contributed by atoms with E-state index in [1.54, 1.807) is 0 Å². The first-order chi connectivity index (χ1) is 10.1. The second kappa shape index (κ2) is 5.75. The second-order valence-electron chi connectivity index (χ2n) is 6.11. The molecule has 2 aliphatic heterocycles. The molecule has 1 aromatic carbocycles. The van der Waals surface area contributed by atoms with Crippen molar-refractivity contribution in [2.45, 2.75) is 25.0 Å². The van der Waals surface area contributed by atoms with Gasteiger partial charge in [-0.2, -0.15) is 0 Å². The van der Waals surface area contributed by atoms with Gasteiger partial charge in [-0.15, -0.1) is 0 Å². The summed E-state index contributed by atoms with van der Waals surface area (Å²) in [6.45, 7) is 4.84. The molecule has 1 fully saturated rings. The van der Waals surface area contributed by atoms with Crippen LogP contribution in [0.25, 0.3) is 0 Å². The van der Waals surface area contributed by atoms with Crippen LogP contribution in [0.1, 0.15) is 24.2 Å². The Morgan fingerprint density at radius 1 is 1.48 bits per heavy atom. The number of carboxylic acids is 1. The summed E-state index contributed by atoms with van der Waals surface area (Å²) in [6, 6.07) is 8.43. The first-order valence-corrected chi connectivity index (χ1v) is 7.33. The molecule has 1 N–H and O–H groups in total. The topological polar surface area (TPSA) is 59.0 Å². The highest BCUT2D eigenvalue weighted by atomic mass is 16.5. The SMILES string of the molecule is CC1(OCC(=O)O)CN(CC2OCCc3ccccc32)C1. The first kappa shape index (κ1) is 14.5. The van der Waals surface area contributed by atoms with Crippen molar-refractivity contribution in [2.24, 2.45) is 0 Å². The van der Waals surface area contributed by atoms with E-state index in [9.17, 15) is 4.79 Å². The molecule has 0 bridgehead atoms. The second-order valence-corrected chi connectivity index (χ2v) is 6.11. The van der Waals surface area contributed by atoms with Gasteiger partial charge in [-0.05, 0) is 24.5 Å². The number of ether oxygens (including phenoxy) is 2. The number of benzene rings is 1. The lowest BCUT2D eigenvalue weighted by Gasteiger charge is -2.48. The number of likely N-dealkylation sites (tertiary alicyclic amines) is 1. The van der Waals surface area contributed by atoms with Gasteiger partial charge < -0.3 is 14.6 Å². The standard InChI is InChI=1S/C16H21NO4/c1-16(21-9-15(18)19)10-17(11-16)8-14-13-5-3-2-4-12(13)6-7-20-14/h2-5,14H,6-11H2,1H3,(H,18,19). The Balaban J connectivity index is 1.55. The molecule has 1 aromatic rings. The summed E-state index contributed by atoms with van der Waals surface area (Å²) < 4.78 is 11.3. The van der Waals surface area contributed by atoms with Gasteiger partial charge >= 0.3 is 5.97 Å². The molecule has 21 heavy (non-hydrogen) atoms. The average Bonchev–Trinajstić information content (AvgIpc) is 2.44. The van der Waals surface area contributed by atoms with Crippen LogP contribution >= 0.6 is 0 Å². The van der Waals surface area contributed by atoms with Crippen LogP contribution in [0.2, 0.25) is 0 Å². The average molecular weight is 291 g/mol. The Labute approximate surface area is 124 Å². The lowest BCUT2D eigenvalue weighted by molar-refractivity contribution is -0.168. The fraction of sp³-hybridized carbons (Fsp3) is 0.562. The number of rotatable bonds is 5. The quantitative estimate of drug-likeness (QED) is 0.890. The van der Waals surface area contributed by atoms with Gasteiger partial charge in [0.05, 0.1) is 18.3 Å². The van der Waals surface area contributed by atoms with E-state index in [1.807, 2.05) is 6.92 Å². The molecule has 0 aliphatic carbocycles. The minimum atomic E-state index is -0.917. The Bertz CT molecular complexity index is 525. The first-order valence-electron chi connectivity index (χ1n) is 7.33.